The van der Waals surface area contributed by atoms with Crippen molar-refractivity contribution < 1.29 is 24.3 Å². The van der Waals surface area contributed by atoms with Gasteiger partial charge in [-0.2, -0.15) is 0 Å². The standard InChI is InChI=1S/C30H31Cl3N4O6/c31-30(32,33)29(39)34-23-7-5-22(6-8-23)28-42-26(17-27(43-28)21-3-1-20(19-38)2-4-21)18-35-13-15-36(16-14-35)24-9-11-25(12-10-24)37(40)41/h1-12,26-28,38H,13-19H2,(H,34,39). The third-order valence-electron chi connectivity index (χ3n) is 7.57. The van der Waals surface area contributed by atoms with E-state index in [1.54, 1.807) is 36.4 Å². The third kappa shape index (κ3) is 8.16. The van der Waals surface area contributed by atoms with Crippen LogP contribution in [0, 0.1) is 10.1 Å². The lowest BCUT2D eigenvalue weighted by Crippen LogP contribution is -2.49. The molecule has 2 saturated heterocycles. The van der Waals surface area contributed by atoms with Gasteiger partial charge in [-0.1, -0.05) is 71.2 Å². The summed E-state index contributed by atoms with van der Waals surface area (Å²) < 4.78 is 10.8. The number of hydrogen-bond donors (Lipinski definition) is 2. The van der Waals surface area contributed by atoms with E-state index < -0.39 is 20.9 Å². The molecule has 3 atom stereocenters. The van der Waals surface area contributed by atoms with Crippen LogP contribution >= 0.6 is 34.8 Å². The summed E-state index contributed by atoms with van der Waals surface area (Å²) in [7, 11) is 0. The third-order valence-corrected chi connectivity index (χ3v) is 8.09. The smallest absolute Gasteiger partial charge is 0.276 e. The molecule has 3 unspecified atom stereocenters. The van der Waals surface area contributed by atoms with Crippen LogP contribution in [0.5, 0.6) is 0 Å². The van der Waals surface area contributed by atoms with Gasteiger partial charge in [-0.15, -0.1) is 0 Å². The van der Waals surface area contributed by atoms with Crippen LogP contribution in [-0.4, -0.2) is 63.5 Å². The van der Waals surface area contributed by atoms with Crippen LogP contribution in [0.25, 0.3) is 0 Å². The molecule has 5 rings (SSSR count). The number of nitrogens with one attached hydrogen (secondary N) is 1. The molecule has 2 heterocycles. The number of rotatable bonds is 8. The number of non-ortho nitro benzene ring substituents is 1. The number of nitro benzene ring substituents is 1. The molecule has 0 bridgehead atoms. The van der Waals surface area contributed by atoms with Crippen molar-refractivity contribution in [3.05, 3.63) is 99.6 Å². The molecule has 2 aliphatic rings. The Morgan fingerprint density at radius 3 is 2.14 bits per heavy atom. The molecule has 2 aliphatic heterocycles. The molecule has 2 N–H and O–H groups in total. The van der Waals surface area contributed by atoms with E-state index >= 15 is 0 Å². The molecular formula is C30H31Cl3N4O6. The van der Waals surface area contributed by atoms with Gasteiger partial charge in [0.15, 0.2) is 6.29 Å². The average Bonchev–Trinajstić information content (AvgIpc) is 3.01. The SMILES string of the molecule is O=C(Nc1ccc(C2OC(CN3CCN(c4ccc([N+](=O)[O-])cc4)CC3)CC(c3ccc(CO)cc3)O2)cc1)C(Cl)(Cl)Cl. The largest absolute Gasteiger partial charge is 0.392 e. The summed E-state index contributed by atoms with van der Waals surface area (Å²) in [5.74, 6) is -0.754. The van der Waals surface area contributed by atoms with E-state index in [9.17, 15) is 20.0 Å². The molecule has 2 fully saturated rings. The van der Waals surface area contributed by atoms with E-state index in [0.29, 0.717) is 18.7 Å². The summed E-state index contributed by atoms with van der Waals surface area (Å²) in [5.41, 5.74) is 4.10. The van der Waals surface area contributed by atoms with Gasteiger partial charge in [0.25, 0.3) is 15.4 Å². The number of nitro groups is 1. The maximum atomic E-state index is 12.0. The second-order valence-electron chi connectivity index (χ2n) is 10.5. The number of anilines is 2. The molecule has 3 aromatic rings. The number of aliphatic hydroxyl groups excluding tert-OH is 1. The van der Waals surface area contributed by atoms with Crippen molar-refractivity contribution in [2.24, 2.45) is 0 Å². The van der Waals surface area contributed by atoms with Crippen molar-refractivity contribution in [1.82, 2.24) is 4.90 Å². The van der Waals surface area contributed by atoms with Crippen LogP contribution < -0.4 is 10.2 Å². The van der Waals surface area contributed by atoms with Crippen molar-refractivity contribution in [3.63, 3.8) is 0 Å². The van der Waals surface area contributed by atoms with Gasteiger partial charge in [0, 0.05) is 68.2 Å². The quantitative estimate of drug-likeness (QED) is 0.180. The van der Waals surface area contributed by atoms with Crippen LogP contribution in [0.15, 0.2) is 72.8 Å². The highest BCUT2D eigenvalue weighted by atomic mass is 35.6. The summed E-state index contributed by atoms with van der Waals surface area (Å²) >= 11 is 17.0. The highest BCUT2D eigenvalue weighted by Crippen LogP contribution is 2.39. The molecule has 0 aromatic heterocycles. The van der Waals surface area contributed by atoms with Gasteiger partial charge < -0.3 is 24.8 Å². The highest BCUT2D eigenvalue weighted by Gasteiger charge is 2.34. The Kier molecular flexibility index (Phi) is 10.1. The normalized spacial score (nSPS) is 21.4. The molecule has 228 valence electrons. The number of halogens is 3. The second kappa shape index (κ2) is 13.8. The van der Waals surface area contributed by atoms with Gasteiger partial charge in [-0.3, -0.25) is 19.8 Å². The van der Waals surface area contributed by atoms with Gasteiger partial charge >= 0.3 is 0 Å². The number of benzene rings is 3. The van der Waals surface area contributed by atoms with Crippen molar-refractivity contribution in [2.45, 2.75) is 35.3 Å². The maximum absolute atomic E-state index is 12.0. The number of hydrogen-bond acceptors (Lipinski definition) is 8. The Hall–Kier alpha value is -2.96. The molecule has 0 aliphatic carbocycles. The van der Waals surface area contributed by atoms with Gasteiger partial charge in [0.1, 0.15) is 0 Å². The average molecular weight is 650 g/mol. The molecule has 3 aromatic carbocycles. The van der Waals surface area contributed by atoms with Gasteiger partial charge in [0.2, 0.25) is 0 Å². The second-order valence-corrected chi connectivity index (χ2v) is 12.8. The van der Waals surface area contributed by atoms with E-state index in [-0.39, 0.29) is 24.5 Å². The maximum Gasteiger partial charge on any atom is 0.276 e. The van der Waals surface area contributed by atoms with Gasteiger partial charge in [-0.25, -0.2) is 0 Å². The first kappa shape index (κ1) is 31.5. The van der Waals surface area contributed by atoms with Crippen molar-refractivity contribution in [1.29, 1.82) is 0 Å². The number of amides is 1. The first-order valence-electron chi connectivity index (χ1n) is 13.8. The number of nitrogens with zero attached hydrogens (tertiary/aromatic N) is 3. The first-order chi connectivity index (χ1) is 20.6. The lowest BCUT2D eigenvalue weighted by Gasteiger charge is -2.41. The molecule has 43 heavy (non-hydrogen) atoms. The zero-order valence-corrected chi connectivity index (χ0v) is 25.3. The van der Waals surface area contributed by atoms with Crippen LogP contribution in [0.4, 0.5) is 17.1 Å². The molecule has 1 amide bonds. The predicted molar refractivity (Wildman–Crippen MR) is 166 cm³/mol. The number of aliphatic hydroxyl groups is 1. The Labute approximate surface area is 264 Å². The van der Waals surface area contributed by atoms with Crippen LogP contribution in [0.3, 0.4) is 0 Å². The Balaban J connectivity index is 1.26. The van der Waals surface area contributed by atoms with E-state index in [2.05, 4.69) is 15.1 Å². The topological polar surface area (TPSA) is 117 Å². The van der Waals surface area contributed by atoms with Crippen molar-refractivity contribution in [3.8, 4) is 0 Å². The number of carbonyl (C=O) groups excluding carboxylic acids is 1. The minimum atomic E-state index is -2.08. The van der Waals surface area contributed by atoms with E-state index in [1.807, 2.05) is 24.3 Å². The summed E-state index contributed by atoms with van der Waals surface area (Å²) in [4.78, 5) is 27.2. The monoisotopic (exact) mass is 648 g/mol. The fraction of sp³-hybridized carbons (Fsp3) is 0.367. The van der Waals surface area contributed by atoms with Crippen LogP contribution in [0.2, 0.25) is 0 Å². The summed E-state index contributed by atoms with van der Waals surface area (Å²) in [6, 6.07) is 21.4. The lowest BCUT2D eigenvalue weighted by atomic mass is 9.99. The van der Waals surface area contributed by atoms with Gasteiger partial charge in [-0.05, 0) is 35.4 Å². The number of alkyl halides is 3. The van der Waals surface area contributed by atoms with E-state index in [4.69, 9.17) is 44.3 Å². The van der Waals surface area contributed by atoms with Crippen molar-refractivity contribution in [2.75, 3.05) is 42.9 Å². The summed E-state index contributed by atoms with van der Waals surface area (Å²) in [6.45, 7) is 3.88. The molecule has 0 saturated carbocycles. The van der Waals surface area contributed by atoms with Crippen LogP contribution in [0.1, 0.15) is 35.5 Å². The molecule has 13 heteroatoms. The Bertz CT molecular complexity index is 1400. The Morgan fingerprint density at radius 2 is 1.56 bits per heavy atom. The first-order valence-corrected chi connectivity index (χ1v) is 14.9. The number of carbonyl (C=O) groups is 1. The number of ether oxygens (including phenoxy) is 2. The van der Waals surface area contributed by atoms with Crippen LogP contribution in [-0.2, 0) is 20.9 Å². The minimum Gasteiger partial charge on any atom is -0.392 e. The predicted octanol–water partition coefficient (Wildman–Crippen LogP) is 5.76. The lowest BCUT2D eigenvalue weighted by molar-refractivity contribution is -0.384. The molecule has 10 nitrogen and oxygen atoms in total. The minimum absolute atomic E-state index is 0.0345. The van der Waals surface area contributed by atoms with E-state index in [1.165, 1.54) is 12.1 Å². The fourth-order valence-corrected chi connectivity index (χ4v) is 5.36. The highest BCUT2D eigenvalue weighted by molar-refractivity contribution is 6.76. The van der Waals surface area contributed by atoms with Crippen molar-refractivity contribution >= 4 is 57.8 Å². The van der Waals surface area contributed by atoms with E-state index in [0.717, 1.165) is 48.6 Å². The summed E-state index contributed by atoms with van der Waals surface area (Å²) in [6.07, 6.45) is -0.368. The zero-order chi connectivity index (χ0) is 30.6. The molecular weight excluding hydrogens is 619 g/mol. The summed E-state index contributed by atoms with van der Waals surface area (Å²) in [5, 5.41) is 23.0. The Morgan fingerprint density at radius 1 is 0.930 bits per heavy atom. The zero-order valence-electron chi connectivity index (χ0n) is 23.1. The number of piperazine rings is 1. The van der Waals surface area contributed by atoms with Gasteiger partial charge in [0.05, 0.1) is 23.7 Å². The fourth-order valence-electron chi connectivity index (χ4n) is 5.22. The molecule has 0 radical (unpaired) electrons. The molecule has 0 spiro atoms.